The second kappa shape index (κ2) is 10.8. The van der Waals surface area contributed by atoms with E-state index < -0.39 is 0 Å². The predicted octanol–water partition coefficient (Wildman–Crippen LogP) is 4.51. The zero-order chi connectivity index (χ0) is 23.2. The van der Waals surface area contributed by atoms with Crippen LogP contribution < -0.4 is 15.0 Å². The molecule has 7 heteroatoms. The normalized spacial score (nSPS) is 16.3. The summed E-state index contributed by atoms with van der Waals surface area (Å²) in [6.07, 6.45) is 0.239. The number of hydrogen-bond acceptors (Lipinski definition) is 5. The quantitative estimate of drug-likeness (QED) is 0.530. The number of nitrogens with one attached hydrogen (secondary N) is 1. The zero-order valence-corrected chi connectivity index (χ0v) is 19.9. The van der Waals surface area contributed by atoms with Gasteiger partial charge in [0, 0.05) is 37.1 Å². The Kier molecular flexibility index (Phi) is 7.62. The third-order valence-corrected chi connectivity index (χ3v) is 7.05. The van der Waals surface area contributed by atoms with Gasteiger partial charge in [-0.15, -0.1) is 11.3 Å². The number of ether oxygens (including phenoxy) is 1. The van der Waals surface area contributed by atoms with Crippen LogP contribution in [0.1, 0.15) is 23.4 Å². The van der Waals surface area contributed by atoms with Crippen molar-refractivity contribution < 1.29 is 13.9 Å². The minimum Gasteiger partial charge on any atom is -0.495 e. The van der Waals surface area contributed by atoms with Crippen LogP contribution in [-0.4, -0.2) is 50.1 Å². The summed E-state index contributed by atoms with van der Waals surface area (Å²) in [6, 6.07) is 18.5. The van der Waals surface area contributed by atoms with E-state index in [1.165, 1.54) is 17.0 Å². The summed E-state index contributed by atoms with van der Waals surface area (Å²) in [4.78, 5) is 18.8. The molecule has 0 saturated carbocycles. The maximum absolute atomic E-state index is 13.2. The van der Waals surface area contributed by atoms with Crippen molar-refractivity contribution >= 4 is 22.9 Å². The molecule has 1 N–H and O–H groups in total. The average molecular weight is 468 g/mol. The number of carbonyl (C=O) groups excluding carboxylic acids is 1. The number of amides is 1. The lowest BCUT2D eigenvalue weighted by Crippen LogP contribution is -2.52. The molecule has 33 heavy (non-hydrogen) atoms. The number of halogens is 1. The first-order valence-electron chi connectivity index (χ1n) is 11.2. The van der Waals surface area contributed by atoms with Gasteiger partial charge >= 0.3 is 0 Å². The lowest BCUT2D eigenvalue weighted by molar-refractivity contribution is -0.121. The monoisotopic (exact) mass is 467 g/mol. The summed E-state index contributed by atoms with van der Waals surface area (Å²) in [5, 5.41) is 5.27. The molecule has 1 fully saturated rings. The smallest absolute Gasteiger partial charge is 0.224 e. The van der Waals surface area contributed by atoms with Crippen LogP contribution in [0.5, 0.6) is 5.75 Å². The molecule has 1 amide bonds. The molecule has 174 valence electrons. The topological polar surface area (TPSA) is 44.8 Å². The van der Waals surface area contributed by atoms with E-state index in [1.807, 2.05) is 18.2 Å². The highest BCUT2D eigenvalue weighted by molar-refractivity contribution is 7.10. The van der Waals surface area contributed by atoms with Gasteiger partial charge in [-0.3, -0.25) is 9.69 Å². The van der Waals surface area contributed by atoms with Crippen LogP contribution >= 0.6 is 11.3 Å². The van der Waals surface area contributed by atoms with Gasteiger partial charge in [-0.2, -0.15) is 0 Å². The molecule has 1 aliphatic rings. The molecule has 1 saturated heterocycles. The molecule has 1 aliphatic heterocycles. The Morgan fingerprint density at radius 1 is 1.06 bits per heavy atom. The molecule has 0 spiro atoms. The fourth-order valence-electron chi connectivity index (χ4n) is 4.51. The Balaban J connectivity index is 1.42. The molecule has 1 aromatic heterocycles. The Morgan fingerprint density at radius 3 is 2.45 bits per heavy atom. The van der Waals surface area contributed by atoms with Crippen LogP contribution in [-0.2, 0) is 11.2 Å². The third kappa shape index (κ3) is 5.72. The van der Waals surface area contributed by atoms with Crippen molar-refractivity contribution in [3.63, 3.8) is 0 Å². The SMILES string of the molecule is COc1ccccc1N1CCN([C@H](c2cccs2)[C@H](C)NC(=O)Cc2ccc(F)cc2)CC1. The fraction of sp³-hybridized carbons (Fsp3) is 0.346. The van der Waals surface area contributed by atoms with Crippen molar-refractivity contribution in [1.29, 1.82) is 0 Å². The van der Waals surface area contributed by atoms with Gasteiger partial charge in [-0.05, 0) is 48.2 Å². The van der Waals surface area contributed by atoms with Crippen molar-refractivity contribution in [2.75, 3.05) is 38.2 Å². The van der Waals surface area contributed by atoms with Crippen LogP contribution in [0.4, 0.5) is 10.1 Å². The van der Waals surface area contributed by atoms with Crippen molar-refractivity contribution in [3.05, 3.63) is 82.3 Å². The van der Waals surface area contributed by atoms with Crippen LogP contribution in [0.3, 0.4) is 0 Å². The second-order valence-electron chi connectivity index (χ2n) is 8.31. The molecular weight excluding hydrogens is 437 g/mol. The molecule has 2 atom stereocenters. The van der Waals surface area contributed by atoms with Gasteiger partial charge in [0.15, 0.2) is 0 Å². The Labute approximate surface area is 198 Å². The highest BCUT2D eigenvalue weighted by Crippen LogP contribution is 2.32. The summed E-state index contributed by atoms with van der Waals surface area (Å²) >= 11 is 1.72. The van der Waals surface area contributed by atoms with Gasteiger partial charge in [0.1, 0.15) is 11.6 Å². The van der Waals surface area contributed by atoms with E-state index in [-0.39, 0.29) is 30.2 Å². The number of carbonyl (C=O) groups is 1. The van der Waals surface area contributed by atoms with Crippen molar-refractivity contribution in [3.8, 4) is 5.75 Å². The molecule has 0 unspecified atom stereocenters. The van der Waals surface area contributed by atoms with Gasteiger partial charge in [0.25, 0.3) is 0 Å². The van der Waals surface area contributed by atoms with Crippen molar-refractivity contribution in [2.45, 2.75) is 25.4 Å². The third-order valence-electron chi connectivity index (χ3n) is 6.11. The average Bonchev–Trinajstić information content (AvgIpc) is 3.35. The first kappa shape index (κ1) is 23.3. The number of para-hydroxylation sites is 2. The minimum atomic E-state index is -0.294. The zero-order valence-electron chi connectivity index (χ0n) is 19.0. The van der Waals surface area contributed by atoms with Gasteiger partial charge in [-0.25, -0.2) is 4.39 Å². The number of benzene rings is 2. The summed E-state index contributed by atoms with van der Waals surface area (Å²) < 4.78 is 18.7. The maximum Gasteiger partial charge on any atom is 0.224 e. The molecule has 0 bridgehead atoms. The molecule has 2 aromatic carbocycles. The summed E-state index contributed by atoms with van der Waals surface area (Å²) in [5.74, 6) is 0.544. The molecule has 0 radical (unpaired) electrons. The number of anilines is 1. The Bertz CT molecular complexity index is 1030. The predicted molar refractivity (Wildman–Crippen MR) is 132 cm³/mol. The molecule has 3 aromatic rings. The lowest BCUT2D eigenvalue weighted by Gasteiger charge is -2.42. The van der Waals surface area contributed by atoms with E-state index in [4.69, 9.17) is 4.74 Å². The summed E-state index contributed by atoms with van der Waals surface area (Å²) in [6.45, 7) is 5.62. The maximum atomic E-state index is 13.2. The highest BCUT2D eigenvalue weighted by atomic mass is 32.1. The van der Waals surface area contributed by atoms with Crippen LogP contribution in [0.25, 0.3) is 0 Å². The van der Waals surface area contributed by atoms with Gasteiger partial charge in [0.05, 0.1) is 25.3 Å². The second-order valence-corrected chi connectivity index (χ2v) is 9.29. The van der Waals surface area contributed by atoms with Gasteiger partial charge in [-0.1, -0.05) is 30.3 Å². The Hall–Kier alpha value is -2.90. The first-order chi connectivity index (χ1) is 16.0. The number of rotatable bonds is 8. The van der Waals surface area contributed by atoms with Crippen LogP contribution in [0.2, 0.25) is 0 Å². The molecule has 4 rings (SSSR count). The number of thiophene rings is 1. The fourth-order valence-corrected chi connectivity index (χ4v) is 5.47. The first-order valence-corrected chi connectivity index (χ1v) is 12.1. The molecular formula is C26H30FN3O2S. The van der Waals surface area contributed by atoms with Gasteiger partial charge in [0.2, 0.25) is 5.91 Å². The van der Waals surface area contributed by atoms with E-state index in [9.17, 15) is 9.18 Å². The molecule has 5 nitrogen and oxygen atoms in total. The number of piperazine rings is 1. The van der Waals surface area contributed by atoms with E-state index >= 15 is 0 Å². The van der Waals surface area contributed by atoms with Crippen LogP contribution in [0, 0.1) is 5.82 Å². The Morgan fingerprint density at radius 2 is 1.79 bits per heavy atom. The van der Waals surface area contributed by atoms with E-state index in [2.05, 4.69) is 45.6 Å². The van der Waals surface area contributed by atoms with Crippen LogP contribution in [0.15, 0.2) is 66.0 Å². The number of nitrogens with zero attached hydrogens (tertiary/aromatic N) is 2. The highest BCUT2D eigenvalue weighted by Gasteiger charge is 2.31. The molecule has 2 heterocycles. The van der Waals surface area contributed by atoms with E-state index in [0.29, 0.717) is 0 Å². The van der Waals surface area contributed by atoms with Gasteiger partial charge < -0.3 is 15.0 Å². The van der Waals surface area contributed by atoms with Crippen molar-refractivity contribution in [1.82, 2.24) is 10.2 Å². The largest absolute Gasteiger partial charge is 0.495 e. The lowest BCUT2D eigenvalue weighted by atomic mass is 10.0. The van der Waals surface area contributed by atoms with E-state index in [1.54, 1.807) is 30.6 Å². The summed E-state index contributed by atoms with van der Waals surface area (Å²) in [5.41, 5.74) is 1.92. The standard InChI is InChI=1S/C26H30FN3O2S/c1-19(28-25(31)18-20-9-11-21(27)12-10-20)26(24-8-5-17-33-24)30-15-13-29(14-16-30)22-6-3-4-7-23(22)32-2/h3-12,17,19,26H,13-16,18H2,1-2H3,(H,28,31)/t19-,26-/m0/s1. The number of methoxy groups -OCH3 is 1. The van der Waals surface area contributed by atoms with E-state index in [0.717, 1.165) is 43.2 Å². The summed E-state index contributed by atoms with van der Waals surface area (Å²) in [7, 11) is 1.71. The minimum absolute atomic E-state index is 0.0525. The van der Waals surface area contributed by atoms with Crippen molar-refractivity contribution in [2.24, 2.45) is 0 Å². The number of hydrogen-bond donors (Lipinski definition) is 1. The molecule has 0 aliphatic carbocycles.